The molecule has 1 heterocycles. The molecule has 0 amide bonds. The summed E-state index contributed by atoms with van der Waals surface area (Å²) in [7, 11) is 0. The minimum Gasteiger partial charge on any atom is -0.457 e. The van der Waals surface area contributed by atoms with Crippen molar-refractivity contribution < 1.29 is 29.2 Å². The Morgan fingerprint density at radius 1 is 1.00 bits per heavy atom. The molecular formula is C21H18FNO5. The Morgan fingerprint density at radius 2 is 1.61 bits per heavy atom. The number of hydrogen-bond acceptors (Lipinski definition) is 6. The van der Waals surface area contributed by atoms with E-state index in [1.54, 1.807) is 24.3 Å². The lowest BCUT2D eigenvalue weighted by Gasteiger charge is -2.12. The third-order valence-electron chi connectivity index (χ3n) is 4.02. The number of carbonyl (C=O) groups is 1. The van der Waals surface area contributed by atoms with E-state index in [1.807, 2.05) is 0 Å². The van der Waals surface area contributed by atoms with Crippen LogP contribution in [0.5, 0.6) is 11.5 Å². The Labute approximate surface area is 160 Å². The lowest BCUT2D eigenvalue weighted by Crippen LogP contribution is -2.10. The highest BCUT2D eigenvalue weighted by molar-refractivity contribution is 5.97. The SMILES string of the molecule is O=C(CO)c1cc(-c2ccc(Oc3ccc(F)cc3)cc2)nc([C@@H](O)CO)c1. The van der Waals surface area contributed by atoms with Gasteiger partial charge in [0.25, 0.3) is 0 Å². The Hall–Kier alpha value is -3.13. The molecule has 0 saturated heterocycles. The zero-order chi connectivity index (χ0) is 20.1. The van der Waals surface area contributed by atoms with Gasteiger partial charge in [-0.05, 0) is 60.7 Å². The summed E-state index contributed by atoms with van der Waals surface area (Å²) in [5.41, 5.74) is 1.35. The maximum atomic E-state index is 13.0. The number of aliphatic hydroxyl groups excluding tert-OH is 3. The molecule has 1 aromatic heterocycles. The highest BCUT2D eigenvalue weighted by Crippen LogP contribution is 2.27. The van der Waals surface area contributed by atoms with Crippen LogP contribution in [0.4, 0.5) is 4.39 Å². The smallest absolute Gasteiger partial charge is 0.188 e. The second-order valence-electron chi connectivity index (χ2n) is 6.03. The summed E-state index contributed by atoms with van der Waals surface area (Å²) in [4.78, 5) is 16.2. The largest absolute Gasteiger partial charge is 0.457 e. The third kappa shape index (κ3) is 4.58. The first kappa shape index (κ1) is 19.6. The summed E-state index contributed by atoms with van der Waals surface area (Å²) in [6.45, 7) is -1.23. The van der Waals surface area contributed by atoms with Crippen LogP contribution in [0.1, 0.15) is 22.2 Å². The molecule has 0 fully saturated rings. The van der Waals surface area contributed by atoms with E-state index < -0.39 is 25.1 Å². The lowest BCUT2D eigenvalue weighted by atomic mass is 10.0. The van der Waals surface area contributed by atoms with Crippen molar-refractivity contribution in [2.45, 2.75) is 6.10 Å². The van der Waals surface area contributed by atoms with E-state index in [4.69, 9.17) is 14.9 Å². The van der Waals surface area contributed by atoms with Gasteiger partial charge in [0.1, 0.15) is 30.0 Å². The predicted octanol–water partition coefficient (Wildman–Crippen LogP) is 2.88. The molecule has 0 unspecified atom stereocenters. The molecule has 0 aliphatic heterocycles. The summed E-state index contributed by atoms with van der Waals surface area (Å²) < 4.78 is 18.6. The van der Waals surface area contributed by atoms with Crippen LogP contribution >= 0.6 is 0 Å². The number of pyridine rings is 1. The van der Waals surface area contributed by atoms with Crippen molar-refractivity contribution in [1.82, 2.24) is 4.98 Å². The zero-order valence-corrected chi connectivity index (χ0v) is 14.7. The number of nitrogens with zero attached hydrogens (tertiary/aromatic N) is 1. The number of carbonyl (C=O) groups excluding carboxylic acids is 1. The number of Topliss-reactive ketones (excluding diaryl/α,β-unsaturated/α-hetero) is 1. The molecule has 28 heavy (non-hydrogen) atoms. The number of hydrogen-bond donors (Lipinski definition) is 3. The Morgan fingerprint density at radius 3 is 2.18 bits per heavy atom. The number of aliphatic hydroxyl groups is 3. The van der Waals surface area contributed by atoms with E-state index in [9.17, 15) is 14.3 Å². The van der Waals surface area contributed by atoms with Crippen LogP contribution in [-0.2, 0) is 0 Å². The molecule has 0 aliphatic carbocycles. The van der Waals surface area contributed by atoms with E-state index in [0.717, 1.165) is 0 Å². The number of ketones is 1. The average molecular weight is 383 g/mol. The number of benzene rings is 2. The average Bonchev–Trinajstić information content (AvgIpc) is 2.74. The van der Waals surface area contributed by atoms with Gasteiger partial charge in [0.15, 0.2) is 5.78 Å². The molecule has 0 aliphatic rings. The van der Waals surface area contributed by atoms with Crippen LogP contribution < -0.4 is 4.74 Å². The molecular weight excluding hydrogens is 365 g/mol. The van der Waals surface area contributed by atoms with Crippen molar-refractivity contribution in [3.05, 3.63) is 77.7 Å². The highest BCUT2D eigenvalue weighted by Gasteiger charge is 2.15. The van der Waals surface area contributed by atoms with E-state index in [1.165, 1.54) is 36.4 Å². The fourth-order valence-corrected chi connectivity index (χ4v) is 2.55. The van der Waals surface area contributed by atoms with Gasteiger partial charge in [-0.25, -0.2) is 9.37 Å². The van der Waals surface area contributed by atoms with Gasteiger partial charge in [-0.3, -0.25) is 4.79 Å². The summed E-state index contributed by atoms with van der Waals surface area (Å²) in [5.74, 6) is 0.128. The van der Waals surface area contributed by atoms with Gasteiger partial charge in [-0.1, -0.05) is 0 Å². The first-order valence-electron chi connectivity index (χ1n) is 8.49. The minimum absolute atomic E-state index is 0.128. The van der Waals surface area contributed by atoms with Gasteiger partial charge in [-0.15, -0.1) is 0 Å². The van der Waals surface area contributed by atoms with Crippen LogP contribution in [0.2, 0.25) is 0 Å². The van der Waals surface area contributed by atoms with Crippen LogP contribution in [0, 0.1) is 5.82 Å². The second-order valence-corrected chi connectivity index (χ2v) is 6.03. The summed E-state index contributed by atoms with van der Waals surface area (Å²) >= 11 is 0. The van der Waals surface area contributed by atoms with Crippen molar-refractivity contribution in [3.63, 3.8) is 0 Å². The zero-order valence-electron chi connectivity index (χ0n) is 14.7. The van der Waals surface area contributed by atoms with E-state index in [0.29, 0.717) is 22.8 Å². The second kappa shape index (κ2) is 8.71. The van der Waals surface area contributed by atoms with Crippen LogP contribution in [0.3, 0.4) is 0 Å². The molecule has 0 bridgehead atoms. The van der Waals surface area contributed by atoms with Crippen molar-refractivity contribution >= 4 is 5.78 Å². The van der Waals surface area contributed by atoms with Gasteiger partial charge < -0.3 is 20.1 Å². The number of ether oxygens (including phenoxy) is 1. The maximum Gasteiger partial charge on any atom is 0.188 e. The molecule has 7 heteroatoms. The number of aromatic nitrogens is 1. The van der Waals surface area contributed by atoms with Gasteiger partial charge in [0, 0.05) is 11.1 Å². The normalized spacial score (nSPS) is 11.9. The number of halogens is 1. The Bertz CT molecular complexity index is 958. The monoisotopic (exact) mass is 383 g/mol. The molecule has 144 valence electrons. The van der Waals surface area contributed by atoms with Crippen LogP contribution in [-0.4, -0.2) is 39.3 Å². The van der Waals surface area contributed by atoms with Crippen molar-refractivity contribution in [2.24, 2.45) is 0 Å². The van der Waals surface area contributed by atoms with Gasteiger partial charge in [0.05, 0.1) is 18.0 Å². The van der Waals surface area contributed by atoms with E-state index in [2.05, 4.69) is 4.98 Å². The molecule has 0 saturated carbocycles. The van der Waals surface area contributed by atoms with Crippen LogP contribution in [0.25, 0.3) is 11.3 Å². The molecule has 0 spiro atoms. The molecule has 3 aromatic rings. The quantitative estimate of drug-likeness (QED) is 0.543. The first-order valence-corrected chi connectivity index (χ1v) is 8.49. The van der Waals surface area contributed by atoms with E-state index in [-0.39, 0.29) is 17.1 Å². The topological polar surface area (TPSA) is 99.9 Å². The van der Waals surface area contributed by atoms with Crippen molar-refractivity contribution in [2.75, 3.05) is 13.2 Å². The molecule has 2 aromatic carbocycles. The van der Waals surface area contributed by atoms with Gasteiger partial charge in [0.2, 0.25) is 0 Å². The Kier molecular flexibility index (Phi) is 6.10. The highest BCUT2D eigenvalue weighted by atomic mass is 19.1. The molecule has 3 N–H and O–H groups in total. The van der Waals surface area contributed by atoms with Gasteiger partial charge in [-0.2, -0.15) is 0 Å². The summed E-state index contributed by atoms with van der Waals surface area (Å²) in [5, 5.41) is 28.1. The predicted molar refractivity (Wildman–Crippen MR) is 99.6 cm³/mol. The molecule has 6 nitrogen and oxygen atoms in total. The molecule has 0 radical (unpaired) electrons. The molecule has 1 atom stereocenters. The minimum atomic E-state index is -1.24. The maximum absolute atomic E-state index is 13.0. The fourth-order valence-electron chi connectivity index (χ4n) is 2.55. The Balaban J connectivity index is 1.89. The van der Waals surface area contributed by atoms with Crippen LogP contribution in [0.15, 0.2) is 60.7 Å². The summed E-state index contributed by atoms with van der Waals surface area (Å²) in [6, 6.07) is 15.3. The van der Waals surface area contributed by atoms with Crippen molar-refractivity contribution in [3.8, 4) is 22.8 Å². The summed E-state index contributed by atoms with van der Waals surface area (Å²) in [6.07, 6.45) is -1.24. The fraction of sp³-hybridized carbons (Fsp3) is 0.143. The van der Waals surface area contributed by atoms with Crippen molar-refractivity contribution in [1.29, 1.82) is 0 Å². The third-order valence-corrected chi connectivity index (χ3v) is 4.02. The lowest BCUT2D eigenvalue weighted by molar-refractivity contribution is 0.0890. The van der Waals surface area contributed by atoms with E-state index >= 15 is 0 Å². The van der Waals surface area contributed by atoms with Gasteiger partial charge >= 0.3 is 0 Å². The first-order chi connectivity index (χ1) is 13.5. The number of rotatable bonds is 7. The standard InChI is InChI=1S/C21H18FNO5/c22-15-3-7-17(8-4-15)28-16-5-1-13(2-6-16)18-9-14(20(26)11-24)10-19(23-18)21(27)12-25/h1-10,21,24-25,27H,11-12H2/t21-/m0/s1. The molecule has 3 rings (SSSR count).